The molecule has 1 unspecified atom stereocenters. The number of hydrogen-bond donors (Lipinski definition) is 2. The molecule has 0 fully saturated rings. The van der Waals surface area contributed by atoms with Crippen molar-refractivity contribution in [2.24, 2.45) is 5.41 Å². The van der Waals surface area contributed by atoms with Crippen molar-refractivity contribution in [1.82, 2.24) is 15.1 Å². The molecular weight excluding hydrogens is 292 g/mol. The lowest BCUT2D eigenvalue weighted by Crippen LogP contribution is -2.42. The summed E-state index contributed by atoms with van der Waals surface area (Å²) in [4.78, 5) is 32.9. The summed E-state index contributed by atoms with van der Waals surface area (Å²) in [5, 5.41) is 25.7. The monoisotopic (exact) mass is 312 g/mol. The van der Waals surface area contributed by atoms with Gasteiger partial charge in [-0.15, -0.1) is 0 Å². The Hall–Kier alpha value is -2.45. The maximum Gasteiger partial charge on any atom is 0.326 e. The van der Waals surface area contributed by atoms with Crippen molar-refractivity contribution in [3.63, 3.8) is 0 Å². The molecule has 0 aliphatic rings. The van der Waals surface area contributed by atoms with Gasteiger partial charge in [0.1, 0.15) is 25.0 Å². The Bertz CT molecular complexity index is 561. The number of aromatic nitrogens is 2. The van der Waals surface area contributed by atoms with Crippen LogP contribution in [0.5, 0.6) is 0 Å². The van der Waals surface area contributed by atoms with Crippen molar-refractivity contribution < 1.29 is 19.6 Å². The third-order valence-corrected chi connectivity index (χ3v) is 2.95. The number of nitrogens with one attached hydrogen (secondary N) is 1. The van der Waals surface area contributed by atoms with E-state index >= 15 is 0 Å². The summed E-state index contributed by atoms with van der Waals surface area (Å²) < 4.78 is 1.09. The number of carboxylic acid groups (broad SMARTS) is 1. The molecule has 1 heterocycles. The number of carbonyl (C=O) groups is 2. The quantitative estimate of drug-likeness (QED) is 0.575. The zero-order valence-electron chi connectivity index (χ0n) is 12.8. The molecule has 2 N–H and O–H groups in total. The summed E-state index contributed by atoms with van der Waals surface area (Å²) in [6.45, 7) is 5.68. The highest BCUT2D eigenvalue weighted by atomic mass is 16.6. The molecule has 0 saturated heterocycles. The van der Waals surface area contributed by atoms with Gasteiger partial charge in [-0.25, -0.2) is 4.79 Å². The van der Waals surface area contributed by atoms with Crippen LogP contribution < -0.4 is 5.32 Å². The molecule has 0 aromatic carbocycles. The molecule has 1 rings (SSSR count). The lowest BCUT2D eigenvalue weighted by Gasteiger charge is -2.21. The van der Waals surface area contributed by atoms with Crippen LogP contribution in [0.4, 0.5) is 5.69 Å². The zero-order valence-corrected chi connectivity index (χ0v) is 12.8. The van der Waals surface area contributed by atoms with Crippen LogP contribution in [0.25, 0.3) is 0 Å². The third kappa shape index (κ3) is 5.90. The number of aliphatic carboxylic acids is 1. The van der Waals surface area contributed by atoms with Gasteiger partial charge >= 0.3 is 11.7 Å². The van der Waals surface area contributed by atoms with E-state index in [1.54, 1.807) is 0 Å². The molecule has 0 bridgehead atoms. The van der Waals surface area contributed by atoms with Gasteiger partial charge < -0.3 is 10.4 Å². The fourth-order valence-electron chi connectivity index (χ4n) is 1.76. The summed E-state index contributed by atoms with van der Waals surface area (Å²) in [7, 11) is 0. The molecule has 22 heavy (non-hydrogen) atoms. The van der Waals surface area contributed by atoms with Crippen molar-refractivity contribution in [3.05, 3.63) is 22.5 Å². The smallest absolute Gasteiger partial charge is 0.326 e. The van der Waals surface area contributed by atoms with Gasteiger partial charge in [-0.05, 0) is 18.3 Å². The fraction of sp³-hybridized carbons (Fsp3) is 0.615. The standard InChI is InChI=1S/C13H20N4O5/c1-13(2,3)5-4-10(12(19)20)15-11(18)8-16-7-9(6-14-16)17(21)22/h6-7,10H,4-5,8H2,1-3H3,(H,15,18)(H,19,20). The van der Waals surface area contributed by atoms with E-state index in [1.165, 1.54) is 0 Å². The van der Waals surface area contributed by atoms with Crippen molar-refractivity contribution in [2.75, 3.05) is 0 Å². The predicted octanol–water partition coefficient (Wildman–Crippen LogP) is 1.19. The average Bonchev–Trinajstić information content (AvgIpc) is 2.81. The highest BCUT2D eigenvalue weighted by Gasteiger charge is 2.23. The first-order chi connectivity index (χ1) is 10.1. The van der Waals surface area contributed by atoms with E-state index in [0.29, 0.717) is 12.8 Å². The molecule has 0 aliphatic heterocycles. The molecular formula is C13H20N4O5. The molecule has 9 nitrogen and oxygen atoms in total. The van der Waals surface area contributed by atoms with Crippen LogP contribution in [0.3, 0.4) is 0 Å². The van der Waals surface area contributed by atoms with E-state index in [2.05, 4.69) is 10.4 Å². The van der Waals surface area contributed by atoms with E-state index in [0.717, 1.165) is 17.1 Å². The maximum absolute atomic E-state index is 11.8. The van der Waals surface area contributed by atoms with Gasteiger partial charge in [0.25, 0.3) is 0 Å². The Kier molecular flexibility index (Phi) is 5.61. The summed E-state index contributed by atoms with van der Waals surface area (Å²) in [6.07, 6.45) is 3.09. The number of rotatable bonds is 7. The minimum absolute atomic E-state index is 0.0407. The second-order valence-corrected chi connectivity index (χ2v) is 6.21. The van der Waals surface area contributed by atoms with Gasteiger partial charge in [0.2, 0.25) is 5.91 Å². The minimum Gasteiger partial charge on any atom is -0.480 e. The second-order valence-electron chi connectivity index (χ2n) is 6.21. The van der Waals surface area contributed by atoms with Crippen LogP contribution in [-0.4, -0.2) is 37.7 Å². The van der Waals surface area contributed by atoms with E-state index in [4.69, 9.17) is 5.11 Å². The number of hydrogen-bond acceptors (Lipinski definition) is 5. The van der Waals surface area contributed by atoms with Gasteiger partial charge in [0.15, 0.2) is 0 Å². The number of carbonyl (C=O) groups excluding carboxylic acids is 1. The van der Waals surface area contributed by atoms with Crippen molar-refractivity contribution >= 4 is 17.6 Å². The van der Waals surface area contributed by atoms with Gasteiger partial charge in [-0.1, -0.05) is 20.8 Å². The Morgan fingerprint density at radius 3 is 2.59 bits per heavy atom. The SMILES string of the molecule is CC(C)(C)CCC(NC(=O)Cn1cc([N+](=O)[O-])cn1)C(=O)O. The Labute approximate surface area is 127 Å². The lowest BCUT2D eigenvalue weighted by molar-refractivity contribution is -0.385. The van der Waals surface area contributed by atoms with Crippen molar-refractivity contribution in [3.8, 4) is 0 Å². The third-order valence-electron chi connectivity index (χ3n) is 2.95. The fourth-order valence-corrected chi connectivity index (χ4v) is 1.76. The van der Waals surface area contributed by atoms with Crippen LogP contribution in [0.1, 0.15) is 33.6 Å². The van der Waals surface area contributed by atoms with Crippen LogP contribution in [0, 0.1) is 15.5 Å². The predicted molar refractivity (Wildman–Crippen MR) is 77.1 cm³/mol. The van der Waals surface area contributed by atoms with Gasteiger partial charge in [0.05, 0.1) is 4.92 Å². The summed E-state index contributed by atoms with van der Waals surface area (Å²) in [6, 6.07) is -0.989. The Morgan fingerprint density at radius 1 is 1.50 bits per heavy atom. The van der Waals surface area contributed by atoms with Crippen molar-refractivity contribution in [2.45, 2.75) is 46.2 Å². The summed E-state index contributed by atoms with van der Waals surface area (Å²) in [5.41, 5.74) is -0.267. The number of carboxylic acids is 1. The van der Waals surface area contributed by atoms with Gasteiger partial charge in [0, 0.05) is 0 Å². The van der Waals surface area contributed by atoms with Gasteiger partial charge in [-0.3, -0.25) is 19.6 Å². The number of nitrogens with zero attached hydrogens (tertiary/aromatic N) is 3. The molecule has 0 saturated carbocycles. The van der Waals surface area contributed by atoms with Gasteiger partial charge in [-0.2, -0.15) is 5.10 Å². The number of amides is 1. The van der Waals surface area contributed by atoms with Crippen LogP contribution in [0.15, 0.2) is 12.4 Å². The number of nitro groups is 1. The highest BCUT2D eigenvalue weighted by molar-refractivity contribution is 5.83. The second kappa shape index (κ2) is 7.01. The van der Waals surface area contributed by atoms with E-state index in [-0.39, 0.29) is 17.6 Å². The van der Waals surface area contributed by atoms with E-state index in [9.17, 15) is 19.7 Å². The summed E-state index contributed by atoms with van der Waals surface area (Å²) >= 11 is 0. The van der Waals surface area contributed by atoms with Crippen LogP contribution in [0.2, 0.25) is 0 Å². The molecule has 9 heteroatoms. The highest BCUT2D eigenvalue weighted by Crippen LogP contribution is 2.21. The molecule has 1 atom stereocenters. The first-order valence-corrected chi connectivity index (χ1v) is 6.77. The molecule has 122 valence electrons. The van der Waals surface area contributed by atoms with E-state index < -0.39 is 22.8 Å². The Morgan fingerprint density at radius 2 is 2.14 bits per heavy atom. The van der Waals surface area contributed by atoms with Crippen LogP contribution in [-0.2, 0) is 16.1 Å². The van der Waals surface area contributed by atoms with Crippen molar-refractivity contribution in [1.29, 1.82) is 0 Å². The topological polar surface area (TPSA) is 127 Å². The molecule has 1 aromatic heterocycles. The molecule has 0 aliphatic carbocycles. The maximum atomic E-state index is 11.8. The van der Waals surface area contributed by atoms with Crippen LogP contribution >= 0.6 is 0 Å². The zero-order chi connectivity index (χ0) is 16.9. The first kappa shape index (κ1) is 17.6. The average molecular weight is 312 g/mol. The molecule has 0 spiro atoms. The molecule has 1 amide bonds. The molecule has 0 radical (unpaired) electrons. The first-order valence-electron chi connectivity index (χ1n) is 6.77. The Balaban J connectivity index is 2.59. The largest absolute Gasteiger partial charge is 0.480 e. The minimum atomic E-state index is -1.11. The molecule has 1 aromatic rings. The normalized spacial score (nSPS) is 12.7. The van der Waals surface area contributed by atoms with E-state index in [1.807, 2.05) is 20.8 Å². The lowest BCUT2D eigenvalue weighted by atomic mass is 9.88. The summed E-state index contributed by atoms with van der Waals surface area (Å²) in [5.74, 6) is -1.66.